The maximum Gasteiger partial charge on any atom is 0.0494 e. The molecule has 0 amide bonds. The standard InChI is InChI=1S/C9H19NO/c1-7(5-10)9-3-4-11-6-8(9)2/h7-9H,3-6,10H2,1-2H3. The smallest absolute Gasteiger partial charge is 0.0494 e. The Labute approximate surface area is 69.1 Å². The molecule has 1 heterocycles. The molecule has 2 N–H and O–H groups in total. The van der Waals surface area contributed by atoms with E-state index >= 15 is 0 Å². The van der Waals surface area contributed by atoms with E-state index in [1.807, 2.05) is 0 Å². The molecule has 0 aromatic heterocycles. The Morgan fingerprint density at radius 2 is 2.36 bits per heavy atom. The predicted molar refractivity (Wildman–Crippen MR) is 46.3 cm³/mol. The number of hydrogen-bond acceptors (Lipinski definition) is 2. The number of nitrogens with two attached hydrogens (primary N) is 1. The van der Waals surface area contributed by atoms with Crippen LogP contribution in [0.2, 0.25) is 0 Å². The monoisotopic (exact) mass is 157 g/mol. The first-order chi connectivity index (χ1) is 5.25. The van der Waals surface area contributed by atoms with Gasteiger partial charge in [0.05, 0.1) is 0 Å². The van der Waals surface area contributed by atoms with Crippen molar-refractivity contribution in [2.75, 3.05) is 19.8 Å². The predicted octanol–water partition coefficient (Wildman–Crippen LogP) is 1.25. The zero-order valence-electron chi connectivity index (χ0n) is 7.55. The van der Waals surface area contributed by atoms with Gasteiger partial charge in [-0.05, 0) is 30.7 Å². The molecule has 2 heteroatoms. The van der Waals surface area contributed by atoms with Crippen LogP contribution in [0.4, 0.5) is 0 Å². The minimum atomic E-state index is 0.661. The van der Waals surface area contributed by atoms with Crippen molar-refractivity contribution < 1.29 is 4.74 Å². The molecular formula is C9H19NO. The molecule has 3 atom stereocenters. The summed E-state index contributed by atoms with van der Waals surface area (Å²) in [7, 11) is 0. The van der Waals surface area contributed by atoms with Crippen molar-refractivity contribution in [2.24, 2.45) is 23.5 Å². The Balaban J connectivity index is 2.40. The Bertz CT molecular complexity index is 112. The Hall–Kier alpha value is -0.0800. The van der Waals surface area contributed by atoms with Gasteiger partial charge in [0, 0.05) is 13.2 Å². The second-order valence-electron chi connectivity index (χ2n) is 3.72. The van der Waals surface area contributed by atoms with Crippen LogP contribution >= 0.6 is 0 Å². The van der Waals surface area contributed by atoms with Crippen molar-refractivity contribution in [1.82, 2.24) is 0 Å². The van der Waals surface area contributed by atoms with Crippen molar-refractivity contribution >= 4 is 0 Å². The molecule has 0 aliphatic carbocycles. The summed E-state index contributed by atoms with van der Waals surface area (Å²) in [6.07, 6.45) is 1.19. The van der Waals surface area contributed by atoms with Crippen molar-refractivity contribution in [2.45, 2.75) is 20.3 Å². The minimum absolute atomic E-state index is 0.661. The number of hydrogen-bond donors (Lipinski definition) is 1. The van der Waals surface area contributed by atoms with Crippen LogP contribution in [-0.2, 0) is 4.74 Å². The van der Waals surface area contributed by atoms with Crippen LogP contribution in [0.25, 0.3) is 0 Å². The highest BCUT2D eigenvalue weighted by Gasteiger charge is 2.25. The molecule has 0 spiro atoms. The van der Waals surface area contributed by atoms with E-state index < -0.39 is 0 Å². The molecule has 0 bridgehead atoms. The Morgan fingerprint density at radius 3 is 2.91 bits per heavy atom. The molecule has 1 saturated heterocycles. The topological polar surface area (TPSA) is 35.2 Å². The summed E-state index contributed by atoms with van der Waals surface area (Å²) in [6.45, 7) is 7.17. The maximum atomic E-state index is 5.62. The van der Waals surface area contributed by atoms with E-state index in [0.29, 0.717) is 11.8 Å². The fourth-order valence-corrected chi connectivity index (χ4v) is 1.92. The highest BCUT2D eigenvalue weighted by molar-refractivity contribution is 4.75. The van der Waals surface area contributed by atoms with Crippen molar-refractivity contribution in [3.63, 3.8) is 0 Å². The van der Waals surface area contributed by atoms with Crippen LogP contribution in [0, 0.1) is 17.8 Å². The summed E-state index contributed by atoms with van der Waals surface area (Å²) in [6, 6.07) is 0. The van der Waals surface area contributed by atoms with Gasteiger partial charge in [0.15, 0.2) is 0 Å². The van der Waals surface area contributed by atoms with E-state index in [2.05, 4.69) is 13.8 Å². The lowest BCUT2D eigenvalue weighted by molar-refractivity contribution is 0.00730. The van der Waals surface area contributed by atoms with Crippen LogP contribution in [0.5, 0.6) is 0 Å². The Kier molecular flexibility index (Phi) is 3.34. The molecule has 66 valence electrons. The molecule has 2 nitrogen and oxygen atoms in total. The van der Waals surface area contributed by atoms with Gasteiger partial charge in [-0.15, -0.1) is 0 Å². The Morgan fingerprint density at radius 1 is 1.64 bits per heavy atom. The van der Waals surface area contributed by atoms with Gasteiger partial charge in [0.2, 0.25) is 0 Å². The molecule has 1 fully saturated rings. The summed E-state index contributed by atoms with van der Waals surface area (Å²) in [5.74, 6) is 2.14. The van der Waals surface area contributed by atoms with E-state index in [-0.39, 0.29) is 0 Å². The van der Waals surface area contributed by atoms with Gasteiger partial charge >= 0.3 is 0 Å². The van der Waals surface area contributed by atoms with Gasteiger partial charge in [0.25, 0.3) is 0 Å². The van der Waals surface area contributed by atoms with Gasteiger partial charge in [-0.3, -0.25) is 0 Å². The first kappa shape index (κ1) is 9.01. The van der Waals surface area contributed by atoms with Crippen molar-refractivity contribution in [1.29, 1.82) is 0 Å². The summed E-state index contributed by atoms with van der Waals surface area (Å²) in [5.41, 5.74) is 5.62. The summed E-state index contributed by atoms with van der Waals surface area (Å²) in [4.78, 5) is 0. The van der Waals surface area contributed by atoms with E-state index in [4.69, 9.17) is 10.5 Å². The second-order valence-corrected chi connectivity index (χ2v) is 3.72. The van der Waals surface area contributed by atoms with Gasteiger partial charge < -0.3 is 10.5 Å². The average Bonchev–Trinajstić information content (AvgIpc) is 2.04. The van der Waals surface area contributed by atoms with E-state index in [1.165, 1.54) is 6.42 Å². The van der Waals surface area contributed by atoms with Crippen LogP contribution in [0.1, 0.15) is 20.3 Å². The highest BCUT2D eigenvalue weighted by atomic mass is 16.5. The van der Waals surface area contributed by atoms with E-state index in [0.717, 1.165) is 25.7 Å². The van der Waals surface area contributed by atoms with Crippen LogP contribution in [-0.4, -0.2) is 19.8 Å². The number of rotatable bonds is 2. The first-order valence-corrected chi connectivity index (χ1v) is 4.53. The van der Waals surface area contributed by atoms with Gasteiger partial charge in [-0.25, -0.2) is 0 Å². The molecule has 0 aromatic carbocycles. The fourth-order valence-electron chi connectivity index (χ4n) is 1.92. The molecule has 11 heavy (non-hydrogen) atoms. The van der Waals surface area contributed by atoms with E-state index in [9.17, 15) is 0 Å². The number of ether oxygens (including phenoxy) is 1. The minimum Gasteiger partial charge on any atom is -0.381 e. The molecule has 0 radical (unpaired) electrons. The zero-order chi connectivity index (χ0) is 8.27. The first-order valence-electron chi connectivity index (χ1n) is 4.53. The highest BCUT2D eigenvalue weighted by Crippen LogP contribution is 2.27. The third-order valence-electron chi connectivity index (χ3n) is 2.81. The zero-order valence-corrected chi connectivity index (χ0v) is 7.55. The average molecular weight is 157 g/mol. The van der Waals surface area contributed by atoms with Gasteiger partial charge in [0.1, 0.15) is 0 Å². The van der Waals surface area contributed by atoms with Crippen LogP contribution in [0.3, 0.4) is 0 Å². The lowest BCUT2D eigenvalue weighted by atomic mass is 9.80. The van der Waals surface area contributed by atoms with Crippen LogP contribution < -0.4 is 5.73 Å². The maximum absolute atomic E-state index is 5.62. The summed E-state index contributed by atoms with van der Waals surface area (Å²) in [5, 5.41) is 0. The van der Waals surface area contributed by atoms with Crippen molar-refractivity contribution in [3.8, 4) is 0 Å². The SMILES string of the molecule is CC(CN)C1CCOCC1C. The summed E-state index contributed by atoms with van der Waals surface area (Å²) < 4.78 is 5.37. The van der Waals surface area contributed by atoms with Gasteiger partial charge in [-0.2, -0.15) is 0 Å². The van der Waals surface area contributed by atoms with E-state index in [1.54, 1.807) is 0 Å². The molecule has 0 saturated carbocycles. The summed E-state index contributed by atoms with van der Waals surface area (Å²) >= 11 is 0. The second kappa shape index (κ2) is 4.07. The molecule has 1 aliphatic heterocycles. The quantitative estimate of drug-likeness (QED) is 0.655. The molecule has 3 unspecified atom stereocenters. The molecule has 1 rings (SSSR count). The lowest BCUT2D eigenvalue weighted by Crippen LogP contribution is -2.33. The van der Waals surface area contributed by atoms with Gasteiger partial charge in [-0.1, -0.05) is 13.8 Å². The molecule has 1 aliphatic rings. The van der Waals surface area contributed by atoms with Crippen molar-refractivity contribution in [3.05, 3.63) is 0 Å². The fraction of sp³-hybridized carbons (Fsp3) is 1.00. The third-order valence-corrected chi connectivity index (χ3v) is 2.81. The third kappa shape index (κ3) is 2.17. The largest absolute Gasteiger partial charge is 0.381 e. The lowest BCUT2D eigenvalue weighted by Gasteiger charge is -2.32. The normalized spacial score (nSPS) is 35.2. The van der Waals surface area contributed by atoms with Crippen LogP contribution in [0.15, 0.2) is 0 Å². The molecule has 0 aromatic rings. The molecular weight excluding hydrogens is 138 g/mol.